The zero-order chi connectivity index (χ0) is 29.5. The molecule has 0 saturated heterocycles. The van der Waals surface area contributed by atoms with E-state index in [9.17, 15) is 29.7 Å². The molecule has 3 amide bonds. The molecule has 0 spiro atoms. The third-order valence-electron chi connectivity index (χ3n) is 5.62. The van der Waals surface area contributed by atoms with Gasteiger partial charge in [-0.05, 0) is 55.7 Å². The van der Waals surface area contributed by atoms with Crippen LogP contribution in [-0.2, 0) is 14.5 Å². The average Bonchev–Trinajstić information content (AvgIpc) is 2.95. The summed E-state index contributed by atoms with van der Waals surface area (Å²) in [4.78, 5) is 48.9. The molecule has 220 valence electrons. The maximum Gasteiger partial charge on any atom is 0.281 e. The molecule has 5 N–H and O–H groups in total. The number of carbonyl (C=O) groups excluding carboxylic acids is 3. The van der Waals surface area contributed by atoms with Crippen molar-refractivity contribution in [1.29, 1.82) is 0 Å². The van der Waals surface area contributed by atoms with Gasteiger partial charge >= 0.3 is 0 Å². The molecular weight excluding hydrogens is 522 g/mol. The fraction of sp³-hybridized carbons (Fsp3) is 0.464. The number of hydroxylamine groups is 2. The van der Waals surface area contributed by atoms with Gasteiger partial charge in [0.1, 0.15) is 37.3 Å². The SMILES string of the molecule is CCCN(CCC)C(=O)c1cc(C)cc(C(=O)NOC[C@H](O)[C@H](O)C(O)CONC(=O)COc2ccccc2)c1. The first kappa shape index (κ1) is 32.7. The number of hydrogen-bond donors (Lipinski definition) is 5. The molecule has 40 heavy (non-hydrogen) atoms. The van der Waals surface area contributed by atoms with Crippen LogP contribution in [0.5, 0.6) is 5.75 Å². The summed E-state index contributed by atoms with van der Waals surface area (Å²) in [5.41, 5.74) is 5.50. The topological polar surface area (TPSA) is 167 Å². The van der Waals surface area contributed by atoms with E-state index in [2.05, 4.69) is 11.0 Å². The van der Waals surface area contributed by atoms with Crippen molar-refractivity contribution in [1.82, 2.24) is 15.9 Å². The van der Waals surface area contributed by atoms with Gasteiger partial charge in [-0.25, -0.2) is 11.0 Å². The molecule has 2 aromatic carbocycles. The van der Waals surface area contributed by atoms with E-state index in [1.54, 1.807) is 54.3 Å². The quantitative estimate of drug-likeness (QED) is 0.178. The van der Waals surface area contributed by atoms with Gasteiger partial charge < -0.3 is 25.0 Å². The van der Waals surface area contributed by atoms with Crippen LogP contribution in [0.1, 0.15) is 53.0 Å². The molecule has 0 aliphatic heterocycles. The highest BCUT2D eigenvalue weighted by Gasteiger charge is 2.26. The first-order valence-corrected chi connectivity index (χ1v) is 13.1. The molecule has 0 fully saturated rings. The summed E-state index contributed by atoms with van der Waals surface area (Å²) in [6.45, 7) is 5.54. The summed E-state index contributed by atoms with van der Waals surface area (Å²) in [7, 11) is 0. The van der Waals surface area contributed by atoms with Crippen LogP contribution in [0.4, 0.5) is 0 Å². The van der Waals surface area contributed by atoms with Crippen LogP contribution in [0.15, 0.2) is 48.5 Å². The average molecular weight is 562 g/mol. The molecule has 0 aliphatic carbocycles. The number of nitrogens with zero attached hydrogens (tertiary/aromatic N) is 1. The predicted molar refractivity (Wildman–Crippen MR) is 145 cm³/mol. The van der Waals surface area contributed by atoms with Gasteiger partial charge in [-0.3, -0.25) is 24.1 Å². The number of amides is 3. The molecule has 0 heterocycles. The van der Waals surface area contributed by atoms with Gasteiger partial charge in [-0.15, -0.1) is 0 Å². The Balaban J connectivity index is 1.77. The van der Waals surface area contributed by atoms with E-state index in [-0.39, 0.29) is 18.1 Å². The van der Waals surface area contributed by atoms with Crippen molar-refractivity contribution in [3.05, 3.63) is 65.2 Å². The number of benzene rings is 2. The summed E-state index contributed by atoms with van der Waals surface area (Å²) in [6, 6.07) is 13.4. The Morgan fingerprint density at radius 2 is 1.43 bits per heavy atom. The van der Waals surface area contributed by atoms with Gasteiger partial charge in [-0.2, -0.15) is 0 Å². The van der Waals surface area contributed by atoms with Crippen LogP contribution in [0.2, 0.25) is 0 Å². The summed E-state index contributed by atoms with van der Waals surface area (Å²) in [5, 5.41) is 30.3. The van der Waals surface area contributed by atoms with Crippen molar-refractivity contribution < 1.29 is 44.1 Å². The molecule has 3 atom stereocenters. The van der Waals surface area contributed by atoms with E-state index in [1.165, 1.54) is 6.07 Å². The fourth-order valence-electron chi connectivity index (χ4n) is 3.68. The Kier molecular flexibility index (Phi) is 14.0. The van der Waals surface area contributed by atoms with Crippen molar-refractivity contribution in [2.45, 2.75) is 51.9 Å². The highest BCUT2D eigenvalue weighted by atomic mass is 16.7. The normalized spacial score (nSPS) is 13.2. The molecule has 0 bridgehead atoms. The maximum absolute atomic E-state index is 12.9. The van der Waals surface area contributed by atoms with E-state index < -0.39 is 43.3 Å². The number of aliphatic hydroxyl groups excluding tert-OH is 3. The highest BCUT2D eigenvalue weighted by molar-refractivity contribution is 5.99. The zero-order valence-corrected chi connectivity index (χ0v) is 23.0. The van der Waals surface area contributed by atoms with Crippen LogP contribution in [0, 0.1) is 6.92 Å². The first-order valence-electron chi connectivity index (χ1n) is 13.1. The van der Waals surface area contributed by atoms with Crippen LogP contribution >= 0.6 is 0 Å². The van der Waals surface area contributed by atoms with Crippen molar-refractivity contribution >= 4 is 17.7 Å². The van der Waals surface area contributed by atoms with Crippen LogP contribution in [0.25, 0.3) is 0 Å². The second-order valence-electron chi connectivity index (χ2n) is 9.19. The van der Waals surface area contributed by atoms with E-state index in [4.69, 9.17) is 14.4 Å². The number of rotatable bonds is 17. The highest BCUT2D eigenvalue weighted by Crippen LogP contribution is 2.14. The monoisotopic (exact) mass is 561 g/mol. The van der Waals surface area contributed by atoms with Crippen LogP contribution in [0.3, 0.4) is 0 Å². The first-order chi connectivity index (χ1) is 19.2. The number of aryl methyl sites for hydroxylation is 1. The Morgan fingerprint density at radius 3 is 2.02 bits per heavy atom. The lowest BCUT2D eigenvalue weighted by molar-refractivity contribution is -0.147. The van der Waals surface area contributed by atoms with Crippen molar-refractivity contribution in [3.63, 3.8) is 0 Å². The number of nitrogens with one attached hydrogen (secondary N) is 2. The smallest absolute Gasteiger partial charge is 0.281 e. The van der Waals surface area contributed by atoms with Gasteiger partial charge in [-0.1, -0.05) is 32.0 Å². The van der Waals surface area contributed by atoms with Gasteiger partial charge in [0.15, 0.2) is 6.61 Å². The minimum Gasteiger partial charge on any atom is -0.484 e. The molecule has 0 radical (unpaired) electrons. The standard InChI is InChI=1S/C28H39N3O9/c1-4-11-31(12-5-2)28(37)21-14-19(3)13-20(15-21)27(36)30-40-17-24(33)26(35)23(32)16-39-29-25(34)18-38-22-9-7-6-8-10-22/h6-10,13-15,23-24,26,32-33,35H,4-5,11-12,16-18H2,1-3H3,(H,29,34)(H,30,36)/t23?,24-,26+/m0/s1. The molecule has 0 aromatic heterocycles. The lowest BCUT2D eigenvalue weighted by Gasteiger charge is -2.23. The lowest BCUT2D eigenvalue weighted by Crippen LogP contribution is -2.45. The molecule has 2 rings (SSSR count). The molecular formula is C28H39N3O9. The minimum absolute atomic E-state index is 0.169. The molecule has 0 saturated carbocycles. The van der Waals surface area contributed by atoms with E-state index in [0.717, 1.165) is 12.8 Å². The molecule has 2 aromatic rings. The van der Waals surface area contributed by atoms with Gasteiger partial charge in [0.25, 0.3) is 17.7 Å². The number of hydrogen-bond acceptors (Lipinski definition) is 9. The Morgan fingerprint density at radius 1 is 0.850 bits per heavy atom. The van der Waals surface area contributed by atoms with Crippen LogP contribution in [-0.4, -0.2) is 89.2 Å². The summed E-state index contributed by atoms with van der Waals surface area (Å²) >= 11 is 0. The minimum atomic E-state index is -1.71. The van der Waals surface area contributed by atoms with E-state index in [1.807, 2.05) is 13.8 Å². The summed E-state index contributed by atoms with van der Waals surface area (Å²) in [5.74, 6) is -0.954. The summed E-state index contributed by atoms with van der Waals surface area (Å²) < 4.78 is 5.25. The number of para-hydroxylation sites is 1. The summed E-state index contributed by atoms with van der Waals surface area (Å²) in [6.07, 6.45) is -3.26. The zero-order valence-electron chi connectivity index (χ0n) is 23.0. The number of carbonyl (C=O) groups is 3. The Hall–Kier alpha value is -3.55. The molecule has 1 unspecified atom stereocenters. The predicted octanol–water partition coefficient (Wildman–Crippen LogP) is 1.13. The second kappa shape index (κ2) is 17.2. The third-order valence-corrected chi connectivity index (χ3v) is 5.62. The fourth-order valence-corrected chi connectivity index (χ4v) is 3.68. The van der Waals surface area contributed by atoms with Crippen molar-refractivity contribution in [2.75, 3.05) is 32.9 Å². The van der Waals surface area contributed by atoms with Gasteiger partial charge in [0.2, 0.25) is 0 Å². The lowest BCUT2D eigenvalue weighted by atomic mass is 10.0. The largest absolute Gasteiger partial charge is 0.484 e. The van der Waals surface area contributed by atoms with Crippen molar-refractivity contribution in [2.24, 2.45) is 0 Å². The number of ether oxygens (including phenoxy) is 1. The maximum atomic E-state index is 12.9. The Labute approximate surface area is 233 Å². The molecule has 0 aliphatic rings. The molecule has 12 nitrogen and oxygen atoms in total. The second-order valence-corrected chi connectivity index (χ2v) is 9.19. The van der Waals surface area contributed by atoms with E-state index in [0.29, 0.717) is 30.0 Å². The molecule has 12 heteroatoms. The van der Waals surface area contributed by atoms with Gasteiger partial charge in [0, 0.05) is 24.2 Å². The number of aliphatic hydroxyl groups is 3. The van der Waals surface area contributed by atoms with Gasteiger partial charge in [0.05, 0.1) is 0 Å². The Bertz CT molecular complexity index is 1080. The van der Waals surface area contributed by atoms with E-state index >= 15 is 0 Å². The van der Waals surface area contributed by atoms with Crippen molar-refractivity contribution in [3.8, 4) is 5.75 Å². The van der Waals surface area contributed by atoms with Crippen LogP contribution < -0.4 is 15.7 Å². The third kappa shape index (κ3) is 10.9.